The molecule has 2 fully saturated rings. The molecule has 2 aliphatic rings. The average Bonchev–Trinajstić information content (AvgIpc) is 2.89. The third-order valence-electron chi connectivity index (χ3n) is 4.78. The molecule has 3 heteroatoms. The summed E-state index contributed by atoms with van der Waals surface area (Å²) in [5.74, 6) is 0. The van der Waals surface area contributed by atoms with Gasteiger partial charge in [-0.25, -0.2) is 0 Å². The molecule has 0 bridgehead atoms. The summed E-state index contributed by atoms with van der Waals surface area (Å²) in [6.45, 7) is 3.24. The molecular formula is C18H24N2O. The van der Waals surface area contributed by atoms with Gasteiger partial charge in [-0.3, -0.25) is 4.90 Å². The number of ether oxygens (including phenoxy) is 1. The van der Waals surface area contributed by atoms with Crippen LogP contribution in [0.25, 0.3) is 0 Å². The lowest BCUT2D eigenvalue weighted by Crippen LogP contribution is -2.47. The van der Waals surface area contributed by atoms with E-state index in [1.165, 1.54) is 24.9 Å². The number of piperidine rings is 1. The summed E-state index contributed by atoms with van der Waals surface area (Å²) in [5, 5.41) is 8.72. The minimum absolute atomic E-state index is 0.0627. The first-order valence-corrected chi connectivity index (χ1v) is 8.11. The Kier molecular flexibility index (Phi) is 4.57. The van der Waals surface area contributed by atoms with Gasteiger partial charge in [0.1, 0.15) is 0 Å². The van der Waals surface area contributed by atoms with Gasteiger partial charge in [0, 0.05) is 19.5 Å². The van der Waals surface area contributed by atoms with Crippen LogP contribution in [0.15, 0.2) is 30.3 Å². The second kappa shape index (κ2) is 6.60. The number of nitriles is 1. The van der Waals surface area contributed by atoms with Gasteiger partial charge in [-0.1, -0.05) is 30.3 Å². The van der Waals surface area contributed by atoms with Crippen LogP contribution in [-0.4, -0.2) is 29.7 Å². The lowest BCUT2D eigenvalue weighted by atomic mass is 9.89. The van der Waals surface area contributed by atoms with Gasteiger partial charge in [0.25, 0.3) is 0 Å². The molecule has 21 heavy (non-hydrogen) atoms. The number of likely N-dealkylation sites (tertiary alicyclic amines) is 1. The molecule has 0 saturated carbocycles. The fourth-order valence-electron chi connectivity index (χ4n) is 3.79. The molecule has 0 radical (unpaired) electrons. The highest BCUT2D eigenvalue weighted by Crippen LogP contribution is 2.39. The van der Waals surface area contributed by atoms with E-state index in [-0.39, 0.29) is 5.60 Å². The number of benzene rings is 1. The van der Waals surface area contributed by atoms with E-state index in [0.29, 0.717) is 12.5 Å². The van der Waals surface area contributed by atoms with Crippen molar-refractivity contribution < 1.29 is 4.74 Å². The van der Waals surface area contributed by atoms with Crippen molar-refractivity contribution in [1.29, 1.82) is 5.26 Å². The van der Waals surface area contributed by atoms with Crippen LogP contribution in [0, 0.1) is 11.3 Å². The van der Waals surface area contributed by atoms with Gasteiger partial charge < -0.3 is 4.74 Å². The molecule has 3 rings (SSSR count). The largest absolute Gasteiger partial charge is 0.370 e. The molecule has 0 aliphatic carbocycles. The SMILES string of the molecule is N#CCC[C@@H]1CC[C@]2(CCCN(Cc3ccccc3)C2)O1. The Bertz CT molecular complexity index is 496. The molecule has 1 spiro atoms. The quantitative estimate of drug-likeness (QED) is 0.849. The number of hydrogen-bond donors (Lipinski definition) is 0. The van der Waals surface area contributed by atoms with Crippen molar-refractivity contribution in [3.8, 4) is 6.07 Å². The molecule has 3 nitrogen and oxygen atoms in total. The molecule has 2 saturated heterocycles. The summed E-state index contributed by atoms with van der Waals surface area (Å²) in [6, 6.07) is 12.9. The van der Waals surface area contributed by atoms with E-state index in [0.717, 1.165) is 32.4 Å². The van der Waals surface area contributed by atoms with E-state index in [1.54, 1.807) is 0 Å². The molecule has 112 valence electrons. The van der Waals surface area contributed by atoms with Crippen molar-refractivity contribution in [3.05, 3.63) is 35.9 Å². The van der Waals surface area contributed by atoms with Gasteiger partial charge in [0.2, 0.25) is 0 Å². The smallest absolute Gasteiger partial charge is 0.0814 e. The monoisotopic (exact) mass is 284 g/mol. The maximum Gasteiger partial charge on any atom is 0.0814 e. The number of rotatable bonds is 4. The van der Waals surface area contributed by atoms with E-state index >= 15 is 0 Å². The van der Waals surface area contributed by atoms with Gasteiger partial charge >= 0.3 is 0 Å². The highest BCUT2D eigenvalue weighted by molar-refractivity contribution is 5.14. The highest BCUT2D eigenvalue weighted by Gasteiger charge is 2.42. The summed E-state index contributed by atoms with van der Waals surface area (Å²) >= 11 is 0. The molecule has 0 N–H and O–H groups in total. The van der Waals surface area contributed by atoms with Crippen molar-refractivity contribution in [2.24, 2.45) is 0 Å². The van der Waals surface area contributed by atoms with Crippen LogP contribution in [0.1, 0.15) is 44.1 Å². The molecule has 0 aromatic heterocycles. The van der Waals surface area contributed by atoms with Gasteiger partial charge in [0.05, 0.1) is 17.8 Å². The van der Waals surface area contributed by atoms with Crippen molar-refractivity contribution in [2.75, 3.05) is 13.1 Å². The summed E-state index contributed by atoms with van der Waals surface area (Å²) < 4.78 is 6.37. The van der Waals surface area contributed by atoms with Crippen LogP contribution in [0.2, 0.25) is 0 Å². The molecule has 2 atom stereocenters. The Balaban J connectivity index is 1.57. The maximum atomic E-state index is 8.72. The zero-order valence-electron chi connectivity index (χ0n) is 12.6. The Morgan fingerprint density at radius 2 is 2.14 bits per heavy atom. The zero-order valence-corrected chi connectivity index (χ0v) is 12.6. The predicted octanol–water partition coefficient (Wildman–Crippen LogP) is 3.50. The standard InChI is InChI=1S/C18H24N2O/c19-12-4-8-17-9-11-18(21-17)10-5-13-20(15-18)14-16-6-2-1-3-7-16/h1-3,6-7,17H,4-5,8-11,13-15H2/t17-,18+/m1/s1. The Morgan fingerprint density at radius 3 is 2.95 bits per heavy atom. The summed E-state index contributed by atoms with van der Waals surface area (Å²) in [7, 11) is 0. The van der Waals surface area contributed by atoms with Crippen molar-refractivity contribution in [1.82, 2.24) is 4.90 Å². The van der Waals surface area contributed by atoms with Gasteiger partial charge in [-0.2, -0.15) is 5.26 Å². The van der Waals surface area contributed by atoms with Crippen molar-refractivity contribution in [3.63, 3.8) is 0 Å². The highest BCUT2D eigenvalue weighted by atomic mass is 16.5. The fourth-order valence-corrected chi connectivity index (χ4v) is 3.79. The maximum absolute atomic E-state index is 8.72. The average molecular weight is 284 g/mol. The second-order valence-corrected chi connectivity index (χ2v) is 6.46. The van der Waals surface area contributed by atoms with Gasteiger partial charge in [-0.05, 0) is 44.2 Å². The predicted molar refractivity (Wildman–Crippen MR) is 82.6 cm³/mol. The molecule has 2 aliphatic heterocycles. The van der Waals surface area contributed by atoms with Crippen molar-refractivity contribution >= 4 is 0 Å². The van der Waals surface area contributed by atoms with E-state index in [4.69, 9.17) is 10.00 Å². The van der Waals surface area contributed by atoms with E-state index in [1.807, 2.05) is 0 Å². The van der Waals surface area contributed by atoms with E-state index in [9.17, 15) is 0 Å². The van der Waals surface area contributed by atoms with Crippen molar-refractivity contribution in [2.45, 2.75) is 56.8 Å². The number of nitrogens with zero attached hydrogens (tertiary/aromatic N) is 2. The molecular weight excluding hydrogens is 260 g/mol. The third kappa shape index (κ3) is 3.64. The van der Waals surface area contributed by atoms with Gasteiger partial charge in [-0.15, -0.1) is 0 Å². The van der Waals surface area contributed by atoms with Crippen LogP contribution < -0.4 is 0 Å². The minimum atomic E-state index is 0.0627. The first-order chi connectivity index (χ1) is 10.3. The molecule has 1 aromatic rings. The molecule has 0 amide bonds. The van der Waals surface area contributed by atoms with Crippen LogP contribution in [-0.2, 0) is 11.3 Å². The fraction of sp³-hybridized carbons (Fsp3) is 0.611. The zero-order chi connectivity index (χ0) is 14.5. The molecule has 2 heterocycles. The topological polar surface area (TPSA) is 36.3 Å². The molecule has 0 unspecified atom stereocenters. The number of hydrogen-bond acceptors (Lipinski definition) is 3. The Labute approximate surface area is 127 Å². The molecule has 1 aromatic carbocycles. The summed E-state index contributed by atoms with van der Waals surface area (Å²) in [5.41, 5.74) is 1.45. The van der Waals surface area contributed by atoms with Gasteiger partial charge in [0.15, 0.2) is 0 Å². The van der Waals surface area contributed by atoms with Crippen LogP contribution in [0.5, 0.6) is 0 Å². The van der Waals surface area contributed by atoms with Crippen LogP contribution in [0.4, 0.5) is 0 Å². The second-order valence-electron chi connectivity index (χ2n) is 6.46. The lowest BCUT2D eigenvalue weighted by molar-refractivity contribution is -0.0858. The lowest BCUT2D eigenvalue weighted by Gasteiger charge is -2.40. The Morgan fingerprint density at radius 1 is 1.29 bits per heavy atom. The van der Waals surface area contributed by atoms with Crippen LogP contribution in [0.3, 0.4) is 0 Å². The minimum Gasteiger partial charge on any atom is -0.370 e. The summed E-state index contributed by atoms with van der Waals surface area (Å²) in [6.07, 6.45) is 6.51. The van der Waals surface area contributed by atoms with E-state index < -0.39 is 0 Å². The van der Waals surface area contributed by atoms with E-state index in [2.05, 4.69) is 41.3 Å². The normalized spacial score (nSPS) is 29.6. The first kappa shape index (κ1) is 14.6. The first-order valence-electron chi connectivity index (χ1n) is 8.11. The van der Waals surface area contributed by atoms with Crippen LogP contribution >= 0.6 is 0 Å². The summed E-state index contributed by atoms with van der Waals surface area (Å²) in [4.78, 5) is 2.53. The third-order valence-corrected chi connectivity index (χ3v) is 4.78. The Hall–Kier alpha value is -1.37.